The first-order chi connectivity index (χ1) is 9.74. The van der Waals surface area contributed by atoms with E-state index in [-0.39, 0.29) is 6.04 Å². The molecule has 0 saturated carbocycles. The summed E-state index contributed by atoms with van der Waals surface area (Å²) in [6.07, 6.45) is 0. The number of hydrazine groups is 1. The molecule has 0 radical (unpaired) electrons. The summed E-state index contributed by atoms with van der Waals surface area (Å²) >= 11 is 0. The number of nitrogens with one attached hydrogen (secondary N) is 1. The van der Waals surface area contributed by atoms with Crippen LogP contribution in [0.5, 0.6) is 0 Å². The van der Waals surface area contributed by atoms with Crippen LogP contribution in [-0.4, -0.2) is 56.8 Å². The zero-order chi connectivity index (χ0) is 14.4. The third-order valence-corrected chi connectivity index (χ3v) is 3.81. The summed E-state index contributed by atoms with van der Waals surface area (Å²) < 4.78 is 5.28. The lowest BCUT2D eigenvalue weighted by molar-refractivity contribution is 0.0873. The molecule has 1 aromatic carbocycles. The average molecular weight is 278 g/mol. The molecule has 20 heavy (non-hydrogen) atoms. The first-order valence-corrected chi connectivity index (χ1v) is 7.21. The second kappa shape index (κ2) is 7.71. The molecule has 1 aliphatic rings. The van der Waals surface area contributed by atoms with Gasteiger partial charge in [-0.2, -0.15) is 0 Å². The molecule has 0 spiro atoms. The summed E-state index contributed by atoms with van der Waals surface area (Å²) in [5.74, 6) is 0. The molecule has 1 aliphatic heterocycles. The second-order valence-corrected chi connectivity index (χ2v) is 5.34. The van der Waals surface area contributed by atoms with E-state index in [0.29, 0.717) is 13.2 Å². The van der Waals surface area contributed by atoms with Crippen LogP contribution in [0.3, 0.4) is 0 Å². The molecule has 0 aromatic heterocycles. The minimum atomic E-state index is 0.143. The van der Waals surface area contributed by atoms with Gasteiger partial charge in [0.05, 0.1) is 12.6 Å². The maximum Gasteiger partial charge on any atom is 0.0716 e. The summed E-state index contributed by atoms with van der Waals surface area (Å²) in [6.45, 7) is 5.43. The molecule has 2 rings (SSSR count). The normalized spacial score (nSPS) is 19.1. The van der Waals surface area contributed by atoms with Gasteiger partial charge in [-0.3, -0.25) is 0 Å². The van der Waals surface area contributed by atoms with E-state index in [9.17, 15) is 0 Å². The number of hydrogen-bond donors (Lipinski definition) is 2. The van der Waals surface area contributed by atoms with Gasteiger partial charge in [-0.15, -0.1) is 0 Å². The van der Waals surface area contributed by atoms with Gasteiger partial charge in [0.25, 0.3) is 0 Å². The van der Waals surface area contributed by atoms with Crippen LogP contribution in [0.15, 0.2) is 24.3 Å². The summed E-state index contributed by atoms with van der Waals surface area (Å²) in [5, 5.41) is 2.28. The lowest BCUT2D eigenvalue weighted by Gasteiger charge is -2.35. The highest BCUT2D eigenvalue weighted by molar-refractivity contribution is 5.29. The lowest BCUT2D eigenvalue weighted by Crippen LogP contribution is -2.52. The molecular weight excluding hydrogens is 252 g/mol. The van der Waals surface area contributed by atoms with Gasteiger partial charge < -0.3 is 15.4 Å². The minimum absolute atomic E-state index is 0.143. The van der Waals surface area contributed by atoms with Crippen molar-refractivity contribution in [3.8, 4) is 0 Å². The van der Waals surface area contributed by atoms with Crippen molar-refractivity contribution in [2.24, 2.45) is 5.73 Å². The van der Waals surface area contributed by atoms with Crippen LogP contribution in [0.25, 0.3) is 0 Å². The van der Waals surface area contributed by atoms with E-state index in [1.807, 2.05) is 6.07 Å². The van der Waals surface area contributed by atoms with Gasteiger partial charge in [0.1, 0.15) is 0 Å². The van der Waals surface area contributed by atoms with E-state index < -0.39 is 0 Å². The molecule has 1 unspecified atom stereocenters. The largest absolute Gasteiger partial charge is 0.380 e. The SMILES string of the molecule is COCc1ccccc1C(CN)NN1CCN(C)CC1. The van der Waals surface area contributed by atoms with Gasteiger partial charge in [-0.25, -0.2) is 10.4 Å². The molecule has 0 aliphatic carbocycles. The van der Waals surface area contributed by atoms with Crippen molar-refractivity contribution in [1.29, 1.82) is 0 Å². The summed E-state index contributed by atoms with van der Waals surface area (Å²) in [4.78, 5) is 2.34. The number of likely N-dealkylation sites (N-methyl/N-ethyl adjacent to an activating group) is 1. The molecule has 1 heterocycles. The molecule has 0 amide bonds. The van der Waals surface area contributed by atoms with Crippen molar-refractivity contribution in [3.05, 3.63) is 35.4 Å². The molecular formula is C15H26N4O. The van der Waals surface area contributed by atoms with E-state index in [1.54, 1.807) is 7.11 Å². The van der Waals surface area contributed by atoms with Crippen molar-refractivity contribution in [3.63, 3.8) is 0 Å². The Morgan fingerprint density at radius 2 is 1.95 bits per heavy atom. The second-order valence-electron chi connectivity index (χ2n) is 5.34. The summed E-state index contributed by atoms with van der Waals surface area (Å²) in [6, 6.07) is 8.48. The molecule has 5 nitrogen and oxygen atoms in total. The monoisotopic (exact) mass is 278 g/mol. The molecule has 1 aromatic rings. The van der Waals surface area contributed by atoms with Crippen LogP contribution in [-0.2, 0) is 11.3 Å². The van der Waals surface area contributed by atoms with Crippen LogP contribution in [0.1, 0.15) is 17.2 Å². The van der Waals surface area contributed by atoms with Crippen molar-refractivity contribution in [1.82, 2.24) is 15.3 Å². The van der Waals surface area contributed by atoms with Crippen LogP contribution in [0.4, 0.5) is 0 Å². The number of rotatable bonds is 6. The number of hydrogen-bond acceptors (Lipinski definition) is 5. The number of ether oxygens (including phenoxy) is 1. The van der Waals surface area contributed by atoms with E-state index in [4.69, 9.17) is 10.5 Å². The van der Waals surface area contributed by atoms with Crippen molar-refractivity contribution < 1.29 is 4.74 Å². The van der Waals surface area contributed by atoms with Gasteiger partial charge in [0.2, 0.25) is 0 Å². The molecule has 3 N–H and O–H groups in total. The standard InChI is InChI=1S/C15H26N4O/c1-18-7-9-19(10-8-18)17-15(11-16)14-6-4-3-5-13(14)12-20-2/h3-6,15,17H,7-12,16H2,1-2H3. The fourth-order valence-electron chi connectivity index (χ4n) is 2.57. The highest BCUT2D eigenvalue weighted by Gasteiger charge is 2.19. The van der Waals surface area contributed by atoms with E-state index in [1.165, 1.54) is 11.1 Å². The molecule has 5 heteroatoms. The molecule has 0 bridgehead atoms. The van der Waals surface area contributed by atoms with Gasteiger partial charge >= 0.3 is 0 Å². The predicted octanol–water partition coefficient (Wildman–Crippen LogP) is 0.585. The Kier molecular flexibility index (Phi) is 5.94. The van der Waals surface area contributed by atoms with E-state index in [0.717, 1.165) is 26.2 Å². The van der Waals surface area contributed by atoms with E-state index in [2.05, 4.69) is 40.6 Å². The smallest absolute Gasteiger partial charge is 0.0716 e. The Morgan fingerprint density at radius 3 is 2.60 bits per heavy atom. The zero-order valence-corrected chi connectivity index (χ0v) is 12.5. The highest BCUT2D eigenvalue weighted by Crippen LogP contribution is 2.19. The van der Waals surface area contributed by atoms with Gasteiger partial charge in [-0.1, -0.05) is 24.3 Å². The Balaban J connectivity index is 2.04. The van der Waals surface area contributed by atoms with Crippen LogP contribution in [0, 0.1) is 0 Å². The molecule has 1 atom stereocenters. The number of piperazine rings is 1. The van der Waals surface area contributed by atoms with E-state index >= 15 is 0 Å². The van der Waals surface area contributed by atoms with Crippen molar-refractivity contribution >= 4 is 0 Å². The number of benzene rings is 1. The minimum Gasteiger partial charge on any atom is -0.380 e. The van der Waals surface area contributed by atoms with Gasteiger partial charge in [0, 0.05) is 39.8 Å². The van der Waals surface area contributed by atoms with Crippen molar-refractivity contribution in [2.45, 2.75) is 12.6 Å². The number of methoxy groups -OCH3 is 1. The Hall–Kier alpha value is -0.980. The molecule has 1 saturated heterocycles. The fourth-order valence-corrected chi connectivity index (χ4v) is 2.57. The lowest BCUT2D eigenvalue weighted by atomic mass is 10.0. The quantitative estimate of drug-likeness (QED) is 0.797. The average Bonchev–Trinajstić information content (AvgIpc) is 2.48. The summed E-state index contributed by atoms with van der Waals surface area (Å²) in [7, 11) is 3.88. The first kappa shape index (κ1) is 15.4. The predicted molar refractivity (Wildman–Crippen MR) is 81.2 cm³/mol. The Morgan fingerprint density at radius 1 is 1.25 bits per heavy atom. The van der Waals surface area contributed by atoms with Crippen LogP contribution in [0.2, 0.25) is 0 Å². The molecule has 1 fully saturated rings. The Labute approximate surface area is 121 Å². The van der Waals surface area contributed by atoms with Crippen molar-refractivity contribution in [2.75, 3.05) is 46.9 Å². The maximum absolute atomic E-state index is 5.97. The van der Waals surface area contributed by atoms with Crippen LogP contribution >= 0.6 is 0 Å². The topological polar surface area (TPSA) is 53.8 Å². The molecule has 112 valence electrons. The highest BCUT2D eigenvalue weighted by atomic mass is 16.5. The van der Waals surface area contributed by atoms with Crippen LogP contribution < -0.4 is 11.2 Å². The number of nitrogens with two attached hydrogens (primary N) is 1. The maximum atomic E-state index is 5.97. The van der Waals surface area contributed by atoms with Gasteiger partial charge in [-0.05, 0) is 18.2 Å². The summed E-state index contributed by atoms with van der Waals surface area (Å²) in [5.41, 5.74) is 12.0. The third-order valence-electron chi connectivity index (χ3n) is 3.81. The van der Waals surface area contributed by atoms with Gasteiger partial charge in [0.15, 0.2) is 0 Å². The first-order valence-electron chi connectivity index (χ1n) is 7.21. The number of nitrogens with zero attached hydrogens (tertiary/aromatic N) is 2. The zero-order valence-electron chi connectivity index (χ0n) is 12.5. The Bertz CT molecular complexity index is 405. The third kappa shape index (κ3) is 4.01. The fraction of sp³-hybridized carbons (Fsp3) is 0.600.